The van der Waals surface area contributed by atoms with Crippen molar-refractivity contribution in [2.24, 2.45) is 0 Å². The Kier molecular flexibility index (Phi) is 6.01. The minimum Gasteiger partial charge on any atom is -0.497 e. The molecule has 4 aromatic rings. The maximum absolute atomic E-state index is 12.5. The van der Waals surface area contributed by atoms with Gasteiger partial charge in [-0.15, -0.1) is 0 Å². The molecule has 0 saturated heterocycles. The standard InChI is InChI=1S/C23H26N4O2S/c1-4-26(5-2)13-12-24-22(28)17-8-11-20-21(14-17)30-23-25-19(15-27(20)23)16-6-9-18(29-3)10-7-16/h6-11,14-15H,4-5,12-13H2,1-3H3,(H,24,28). The van der Waals surface area contributed by atoms with Crippen LogP contribution in [0.3, 0.4) is 0 Å². The van der Waals surface area contributed by atoms with Gasteiger partial charge in [-0.05, 0) is 55.6 Å². The molecule has 6 nitrogen and oxygen atoms in total. The molecule has 0 radical (unpaired) electrons. The van der Waals surface area contributed by atoms with Crippen LogP contribution >= 0.6 is 11.3 Å². The second-order valence-corrected chi connectivity index (χ2v) is 8.08. The van der Waals surface area contributed by atoms with E-state index in [1.165, 1.54) is 0 Å². The Labute approximate surface area is 180 Å². The summed E-state index contributed by atoms with van der Waals surface area (Å²) in [4.78, 5) is 20.5. The molecule has 0 saturated carbocycles. The van der Waals surface area contributed by atoms with Crippen LogP contribution in [0.25, 0.3) is 26.4 Å². The number of thiazole rings is 1. The van der Waals surface area contributed by atoms with Crippen molar-refractivity contribution in [1.82, 2.24) is 19.6 Å². The monoisotopic (exact) mass is 422 g/mol. The maximum Gasteiger partial charge on any atom is 0.251 e. The smallest absolute Gasteiger partial charge is 0.251 e. The molecule has 0 aliphatic heterocycles. The molecule has 0 aliphatic carbocycles. The quantitative estimate of drug-likeness (QED) is 0.460. The van der Waals surface area contributed by atoms with Gasteiger partial charge in [-0.25, -0.2) is 4.98 Å². The van der Waals surface area contributed by atoms with Gasteiger partial charge in [-0.1, -0.05) is 25.2 Å². The lowest BCUT2D eigenvalue weighted by atomic mass is 10.1. The summed E-state index contributed by atoms with van der Waals surface area (Å²) in [6.07, 6.45) is 2.04. The van der Waals surface area contributed by atoms with Crippen molar-refractivity contribution in [1.29, 1.82) is 0 Å². The van der Waals surface area contributed by atoms with E-state index < -0.39 is 0 Å². The van der Waals surface area contributed by atoms with Crippen LogP contribution in [-0.2, 0) is 0 Å². The molecule has 2 aromatic carbocycles. The van der Waals surface area contributed by atoms with Crippen molar-refractivity contribution in [3.05, 3.63) is 54.2 Å². The Morgan fingerprint density at radius 3 is 2.63 bits per heavy atom. The zero-order valence-corrected chi connectivity index (χ0v) is 18.3. The molecular formula is C23H26N4O2S. The fourth-order valence-corrected chi connectivity index (χ4v) is 4.56. The van der Waals surface area contributed by atoms with Crippen LogP contribution in [-0.4, -0.2) is 53.5 Å². The van der Waals surface area contributed by atoms with Crippen molar-refractivity contribution >= 4 is 32.4 Å². The number of benzene rings is 2. The number of fused-ring (bicyclic) bond motifs is 3. The van der Waals surface area contributed by atoms with Crippen molar-refractivity contribution in [3.63, 3.8) is 0 Å². The molecule has 7 heteroatoms. The zero-order chi connectivity index (χ0) is 21.1. The number of imidazole rings is 1. The summed E-state index contributed by atoms with van der Waals surface area (Å²) in [6, 6.07) is 13.7. The summed E-state index contributed by atoms with van der Waals surface area (Å²) in [5, 5.41) is 3.02. The van der Waals surface area contributed by atoms with Crippen molar-refractivity contribution in [3.8, 4) is 17.0 Å². The predicted molar refractivity (Wildman–Crippen MR) is 123 cm³/mol. The van der Waals surface area contributed by atoms with Gasteiger partial charge in [0.2, 0.25) is 0 Å². The van der Waals surface area contributed by atoms with Gasteiger partial charge in [0.15, 0.2) is 4.96 Å². The van der Waals surface area contributed by atoms with Gasteiger partial charge in [0.05, 0.1) is 23.0 Å². The van der Waals surface area contributed by atoms with Crippen LogP contribution in [0, 0.1) is 0 Å². The van der Waals surface area contributed by atoms with Gasteiger partial charge in [0, 0.05) is 30.4 Å². The molecular weight excluding hydrogens is 396 g/mol. The molecule has 0 bridgehead atoms. The summed E-state index contributed by atoms with van der Waals surface area (Å²) in [6.45, 7) is 7.76. The number of carbonyl (C=O) groups excluding carboxylic acids is 1. The fourth-order valence-electron chi connectivity index (χ4n) is 3.51. The molecule has 156 valence electrons. The molecule has 1 amide bonds. The normalized spacial score (nSPS) is 11.5. The first kappa shape index (κ1) is 20.4. The van der Waals surface area contributed by atoms with E-state index in [-0.39, 0.29) is 5.91 Å². The molecule has 2 heterocycles. The fraction of sp³-hybridized carbons (Fsp3) is 0.304. The van der Waals surface area contributed by atoms with Gasteiger partial charge >= 0.3 is 0 Å². The van der Waals surface area contributed by atoms with Gasteiger partial charge in [0.1, 0.15) is 5.75 Å². The van der Waals surface area contributed by atoms with Gasteiger partial charge in [-0.3, -0.25) is 9.20 Å². The highest BCUT2D eigenvalue weighted by Crippen LogP contribution is 2.30. The highest BCUT2D eigenvalue weighted by molar-refractivity contribution is 7.23. The maximum atomic E-state index is 12.5. The molecule has 0 unspecified atom stereocenters. The van der Waals surface area contributed by atoms with Gasteiger partial charge < -0.3 is 15.0 Å². The number of carbonyl (C=O) groups is 1. The second-order valence-electron chi connectivity index (χ2n) is 7.07. The first-order valence-corrected chi connectivity index (χ1v) is 11.0. The van der Waals surface area contributed by atoms with Crippen molar-refractivity contribution in [2.75, 3.05) is 33.3 Å². The summed E-state index contributed by atoms with van der Waals surface area (Å²) < 4.78 is 8.36. The molecule has 1 N–H and O–H groups in total. The molecule has 0 aliphatic rings. The lowest BCUT2D eigenvalue weighted by Gasteiger charge is -2.17. The minimum atomic E-state index is -0.0333. The largest absolute Gasteiger partial charge is 0.497 e. The van der Waals surface area contributed by atoms with E-state index in [1.54, 1.807) is 18.4 Å². The van der Waals surface area contributed by atoms with Crippen molar-refractivity contribution in [2.45, 2.75) is 13.8 Å². The third kappa shape index (κ3) is 4.04. The van der Waals surface area contributed by atoms with E-state index in [2.05, 4.69) is 28.5 Å². The Balaban J connectivity index is 1.53. The average molecular weight is 423 g/mol. The topological polar surface area (TPSA) is 58.9 Å². The number of nitrogens with one attached hydrogen (secondary N) is 1. The third-order valence-corrected chi connectivity index (χ3v) is 6.37. The van der Waals surface area contributed by atoms with Gasteiger partial charge in [0.25, 0.3) is 5.91 Å². The molecule has 2 aromatic heterocycles. The summed E-state index contributed by atoms with van der Waals surface area (Å²) in [5.41, 5.74) is 3.71. The lowest BCUT2D eigenvalue weighted by Crippen LogP contribution is -2.34. The van der Waals surface area contributed by atoms with Gasteiger partial charge in [-0.2, -0.15) is 0 Å². The number of hydrogen-bond donors (Lipinski definition) is 1. The number of likely N-dealkylation sites (N-methyl/N-ethyl adjacent to an activating group) is 1. The molecule has 0 fully saturated rings. The van der Waals surface area contributed by atoms with Crippen LogP contribution in [0.4, 0.5) is 0 Å². The molecule has 4 rings (SSSR count). The van der Waals surface area contributed by atoms with E-state index in [0.717, 1.165) is 51.8 Å². The second kappa shape index (κ2) is 8.85. The molecule has 0 spiro atoms. The highest BCUT2D eigenvalue weighted by atomic mass is 32.1. The Bertz CT molecular complexity index is 1160. The number of hydrogen-bond acceptors (Lipinski definition) is 5. The first-order valence-electron chi connectivity index (χ1n) is 10.2. The van der Waals surface area contributed by atoms with E-state index in [1.807, 2.05) is 48.7 Å². The molecule has 0 atom stereocenters. The first-order chi connectivity index (χ1) is 14.6. The Hall–Kier alpha value is -2.90. The number of ether oxygens (including phenoxy) is 1. The molecule has 30 heavy (non-hydrogen) atoms. The van der Waals surface area contributed by atoms with Crippen molar-refractivity contribution < 1.29 is 9.53 Å². The number of aromatic nitrogens is 2. The van der Waals surface area contributed by atoms with Crippen LogP contribution in [0.15, 0.2) is 48.7 Å². The predicted octanol–water partition coefficient (Wildman–Crippen LogP) is 4.30. The SMILES string of the molecule is CCN(CC)CCNC(=O)c1ccc2c(c1)sc1nc(-c3ccc(OC)cc3)cn12. The van der Waals surface area contributed by atoms with E-state index in [0.29, 0.717) is 12.1 Å². The Morgan fingerprint density at radius 1 is 1.17 bits per heavy atom. The Morgan fingerprint density at radius 2 is 1.93 bits per heavy atom. The van der Waals surface area contributed by atoms with Crippen LogP contribution in [0.1, 0.15) is 24.2 Å². The number of amides is 1. The van der Waals surface area contributed by atoms with Crippen LogP contribution < -0.4 is 10.1 Å². The number of methoxy groups -OCH3 is 1. The lowest BCUT2D eigenvalue weighted by molar-refractivity contribution is 0.0949. The summed E-state index contributed by atoms with van der Waals surface area (Å²) in [5.74, 6) is 0.794. The summed E-state index contributed by atoms with van der Waals surface area (Å²) >= 11 is 1.59. The van der Waals surface area contributed by atoms with Crippen LogP contribution in [0.5, 0.6) is 5.75 Å². The third-order valence-electron chi connectivity index (χ3n) is 5.35. The highest BCUT2D eigenvalue weighted by Gasteiger charge is 2.13. The van der Waals surface area contributed by atoms with E-state index in [9.17, 15) is 4.79 Å². The van der Waals surface area contributed by atoms with E-state index in [4.69, 9.17) is 9.72 Å². The minimum absolute atomic E-state index is 0.0333. The zero-order valence-electron chi connectivity index (χ0n) is 17.5. The van der Waals surface area contributed by atoms with E-state index >= 15 is 0 Å². The number of nitrogens with zero attached hydrogens (tertiary/aromatic N) is 3. The average Bonchev–Trinajstić information content (AvgIpc) is 3.34. The van der Waals surface area contributed by atoms with Crippen LogP contribution in [0.2, 0.25) is 0 Å². The number of rotatable bonds is 8. The summed E-state index contributed by atoms with van der Waals surface area (Å²) in [7, 11) is 1.66.